The second-order valence-corrected chi connectivity index (χ2v) is 8.14. The molecule has 1 unspecified atom stereocenters. The summed E-state index contributed by atoms with van der Waals surface area (Å²) in [5, 5.41) is 0. The molecule has 0 heterocycles. The van der Waals surface area contributed by atoms with Crippen LogP contribution in [0.5, 0.6) is 0 Å². The van der Waals surface area contributed by atoms with Crippen LogP contribution in [-0.4, -0.2) is 59.1 Å². The predicted molar refractivity (Wildman–Crippen MR) is 103 cm³/mol. The predicted octanol–water partition coefficient (Wildman–Crippen LogP) is 3.41. The third kappa shape index (κ3) is 11.1. The van der Waals surface area contributed by atoms with E-state index in [0.717, 1.165) is 49.9 Å². The highest BCUT2D eigenvalue weighted by molar-refractivity contribution is 7.46. The van der Waals surface area contributed by atoms with Crippen LogP contribution in [0.1, 0.15) is 59.8 Å². The summed E-state index contributed by atoms with van der Waals surface area (Å²) >= 11 is 0. The Hall–Kier alpha value is -0.720. The standard InChI is InChI=1S/C18H36NO6P/c1-6-11-19(12-7-2,13-8-3)14-9-17(25-26(21,22)23)10-15-24-18(20)16(4)5/h17H,4,6-15H2,1-3,5H3,(H-,21,22,23)/p+1. The molecule has 0 fully saturated rings. The Labute approximate surface area is 158 Å². The van der Waals surface area contributed by atoms with Gasteiger partial charge in [0.05, 0.1) is 38.9 Å². The zero-order valence-corrected chi connectivity index (χ0v) is 17.7. The highest BCUT2D eigenvalue weighted by Gasteiger charge is 2.29. The maximum Gasteiger partial charge on any atom is 0.469 e. The molecule has 0 aliphatic heterocycles. The molecule has 26 heavy (non-hydrogen) atoms. The summed E-state index contributed by atoms with van der Waals surface area (Å²) in [5.74, 6) is -0.506. The van der Waals surface area contributed by atoms with Crippen LogP contribution in [0, 0.1) is 0 Å². The van der Waals surface area contributed by atoms with Crippen LogP contribution >= 0.6 is 7.82 Å². The number of esters is 1. The zero-order chi connectivity index (χ0) is 20.2. The first kappa shape index (κ1) is 25.3. The lowest BCUT2D eigenvalue weighted by Gasteiger charge is -2.39. The molecule has 0 spiro atoms. The topological polar surface area (TPSA) is 93.1 Å². The molecule has 0 radical (unpaired) electrons. The van der Waals surface area contributed by atoms with Gasteiger partial charge in [-0.05, 0) is 26.2 Å². The van der Waals surface area contributed by atoms with Gasteiger partial charge in [0.2, 0.25) is 0 Å². The molecule has 0 saturated heterocycles. The van der Waals surface area contributed by atoms with Crippen molar-refractivity contribution in [2.45, 2.75) is 65.9 Å². The number of rotatable bonds is 15. The van der Waals surface area contributed by atoms with Crippen LogP contribution in [0.4, 0.5) is 0 Å². The van der Waals surface area contributed by atoms with Crippen molar-refractivity contribution in [3.63, 3.8) is 0 Å². The van der Waals surface area contributed by atoms with Gasteiger partial charge in [0.25, 0.3) is 0 Å². The molecule has 7 nitrogen and oxygen atoms in total. The molecular weight excluding hydrogens is 357 g/mol. The number of nitrogens with zero attached hydrogens (tertiary/aromatic N) is 1. The summed E-state index contributed by atoms with van der Waals surface area (Å²) in [6.07, 6.45) is 3.27. The van der Waals surface area contributed by atoms with Crippen LogP contribution < -0.4 is 0 Å². The second kappa shape index (κ2) is 12.6. The van der Waals surface area contributed by atoms with E-state index in [9.17, 15) is 19.1 Å². The first-order chi connectivity index (χ1) is 12.1. The highest BCUT2D eigenvalue weighted by atomic mass is 31.2. The Morgan fingerprint density at radius 1 is 1.04 bits per heavy atom. The Morgan fingerprint density at radius 2 is 1.54 bits per heavy atom. The summed E-state index contributed by atoms with van der Waals surface area (Å²) in [6.45, 7) is 15.5. The van der Waals surface area contributed by atoms with E-state index in [-0.39, 0.29) is 13.0 Å². The lowest BCUT2D eigenvalue weighted by Crippen LogP contribution is -2.51. The van der Waals surface area contributed by atoms with Crippen LogP contribution in [0.2, 0.25) is 0 Å². The molecule has 0 aromatic heterocycles. The quantitative estimate of drug-likeness (QED) is 0.191. The molecule has 0 aromatic carbocycles. The lowest BCUT2D eigenvalue weighted by atomic mass is 10.1. The Balaban J connectivity index is 4.93. The van der Waals surface area contributed by atoms with Crippen molar-refractivity contribution in [3.8, 4) is 0 Å². The molecule has 0 rings (SSSR count). The number of phosphoric acid groups is 1. The third-order valence-electron chi connectivity index (χ3n) is 4.33. The highest BCUT2D eigenvalue weighted by Crippen LogP contribution is 2.39. The van der Waals surface area contributed by atoms with E-state index < -0.39 is 19.9 Å². The van der Waals surface area contributed by atoms with Crippen LogP contribution in [0.25, 0.3) is 0 Å². The number of hydrogen-bond donors (Lipinski definition) is 2. The normalized spacial score (nSPS) is 13.5. The number of quaternary nitrogens is 1. The fraction of sp³-hybridized carbons (Fsp3) is 0.833. The summed E-state index contributed by atoms with van der Waals surface area (Å²) in [5.41, 5.74) is 0.293. The Kier molecular flexibility index (Phi) is 12.3. The van der Waals surface area contributed by atoms with Gasteiger partial charge in [-0.15, -0.1) is 0 Å². The molecule has 1 atom stereocenters. The van der Waals surface area contributed by atoms with Crippen LogP contribution in [0.15, 0.2) is 12.2 Å². The molecule has 0 aromatic rings. The zero-order valence-electron chi connectivity index (χ0n) is 16.8. The van der Waals surface area contributed by atoms with E-state index >= 15 is 0 Å². The number of hydrogen-bond acceptors (Lipinski definition) is 4. The van der Waals surface area contributed by atoms with E-state index in [1.54, 1.807) is 6.92 Å². The summed E-state index contributed by atoms with van der Waals surface area (Å²) in [7, 11) is -4.60. The molecule has 0 saturated carbocycles. The van der Waals surface area contributed by atoms with Gasteiger partial charge in [-0.3, -0.25) is 4.52 Å². The second-order valence-electron chi connectivity index (χ2n) is 6.95. The van der Waals surface area contributed by atoms with Crippen LogP contribution in [-0.2, 0) is 18.6 Å². The van der Waals surface area contributed by atoms with Gasteiger partial charge >= 0.3 is 13.8 Å². The molecule has 0 amide bonds. The van der Waals surface area contributed by atoms with Crippen molar-refractivity contribution < 1.29 is 32.9 Å². The molecule has 154 valence electrons. The van der Waals surface area contributed by atoms with Crippen molar-refractivity contribution in [2.75, 3.05) is 32.8 Å². The van der Waals surface area contributed by atoms with Crippen molar-refractivity contribution in [1.82, 2.24) is 0 Å². The van der Waals surface area contributed by atoms with Gasteiger partial charge in [-0.1, -0.05) is 27.4 Å². The molecule has 0 aliphatic rings. The monoisotopic (exact) mass is 394 g/mol. The fourth-order valence-corrected chi connectivity index (χ4v) is 3.96. The molecule has 0 aliphatic carbocycles. The minimum Gasteiger partial charge on any atom is -0.462 e. The van der Waals surface area contributed by atoms with Crippen molar-refractivity contribution in [1.29, 1.82) is 0 Å². The summed E-state index contributed by atoms with van der Waals surface area (Å²) in [6, 6.07) is 0. The first-order valence-electron chi connectivity index (χ1n) is 9.50. The third-order valence-corrected chi connectivity index (χ3v) is 4.90. The van der Waals surface area contributed by atoms with E-state index in [1.165, 1.54) is 0 Å². The number of ether oxygens (including phenoxy) is 1. The van der Waals surface area contributed by atoms with Gasteiger partial charge in [0, 0.05) is 18.4 Å². The van der Waals surface area contributed by atoms with Gasteiger partial charge in [0.1, 0.15) is 0 Å². The Bertz CT molecular complexity index is 459. The smallest absolute Gasteiger partial charge is 0.462 e. The number of phosphoric ester groups is 1. The van der Waals surface area contributed by atoms with Crippen LogP contribution in [0.3, 0.4) is 0 Å². The minimum atomic E-state index is -4.60. The number of carbonyl (C=O) groups excluding carboxylic acids is 1. The van der Waals surface area contributed by atoms with Crippen molar-refractivity contribution in [3.05, 3.63) is 12.2 Å². The first-order valence-corrected chi connectivity index (χ1v) is 11.0. The largest absolute Gasteiger partial charge is 0.469 e. The lowest BCUT2D eigenvalue weighted by molar-refractivity contribution is -0.928. The van der Waals surface area contributed by atoms with Crippen molar-refractivity contribution >= 4 is 13.8 Å². The van der Waals surface area contributed by atoms with E-state index in [2.05, 4.69) is 27.4 Å². The molecule has 2 N–H and O–H groups in total. The van der Waals surface area contributed by atoms with Gasteiger partial charge in [-0.25, -0.2) is 9.36 Å². The minimum absolute atomic E-state index is 0.0473. The maximum atomic E-state index is 11.5. The van der Waals surface area contributed by atoms with E-state index in [0.29, 0.717) is 12.0 Å². The maximum absolute atomic E-state index is 11.5. The van der Waals surface area contributed by atoms with Crippen molar-refractivity contribution in [2.24, 2.45) is 0 Å². The average Bonchev–Trinajstić information content (AvgIpc) is 2.51. The molecular formula is C18H37NO6P+. The SMILES string of the molecule is C=C(C)C(=O)OCCC(CC[N+](CCC)(CCC)CCC)OP(=O)(O)O. The average molecular weight is 394 g/mol. The van der Waals surface area contributed by atoms with E-state index in [1.807, 2.05) is 0 Å². The molecule has 0 bridgehead atoms. The van der Waals surface area contributed by atoms with Gasteiger partial charge in [0.15, 0.2) is 0 Å². The number of carbonyl (C=O) groups is 1. The van der Waals surface area contributed by atoms with Gasteiger partial charge in [-0.2, -0.15) is 0 Å². The Morgan fingerprint density at radius 3 is 1.92 bits per heavy atom. The fourth-order valence-electron chi connectivity index (χ4n) is 3.36. The molecule has 8 heteroatoms. The summed E-state index contributed by atoms with van der Waals surface area (Å²) < 4.78 is 22.2. The summed E-state index contributed by atoms with van der Waals surface area (Å²) in [4.78, 5) is 29.8. The van der Waals surface area contributed by atoms with E-state index in [4.69, 9.17) is 9.26 Å². The van der Waals surface area contributed by atoms with Gasteiger partial charge < -0.3 is 19.0 Å².